The van der Waals surface area contributed by atoms with E-state index >= 15 is 0 Å². The van der Waals surface area contributed by atoms with Crippen LogP contribution >= 0.6 is 0 Å². The number of nitrogen functional groups attached to an aromatic ring is 1. The van der Waals surface area contributed by atoms with Crippen molar-refractivity contribution in [3.05, 3.63) is 48.0 Å². The first kappa shape index (κ1) is 16.5. The lowest BCUT2D eigenvalue weighted by atomic mass is 10.1. The Morgan fingerprint density at radius 3 is 2.46 bits per heavy atom. The molecule has 1 saturated heterocycles. The van der Waals surface area contributed by atoms with E-state index in [4.69, 9.17) is 19.9 Å². The van der Waals surface area contributed by atoms with Gasteiger partial charge in [0.15, 0.2) is 0 Å². The van der Waals surface area contributed by atoms with Gasteiger partial charge >= 0.3 is 0 Å². The maximum absolute atomic E-state index is 6.16. The molecule has 1 aliphatic rings. The summed E-state index contributed by atoms with van der Waals surface area (Å²) in [5, 5.41) is 3.49. The van der Waals surface area contributed by atoms with Crippen LogP contribution in [0.3, 0.4) is 0 Å². The average molecular weight is 328 g/mol. The van der Waals surface area contributed by atoms with Crippen LogP contribution in [0.4, 0.5) is 11.4 Å². The molecule has 3 N–H and O–H groups in total. The molecule has 1 aliphatic heterocycles. The topological polar surface area (TPSA) is 65.7 Å². The third-order valence-corrected chi connectivity index (χ3v) is 4.17. The molecular formula is C19H24N2O3. The average Bonchev–Trinajstić information content (AvgIpc) is 2.63. The van der Waals surface area contributed by atoms with Crippen molar-refractivity contribution >= 4 is 11.4 Å². The Bertz CT molecular complexity index is 652. The van der Waals surface area contributed by atoms with E-state index in [2.05, 4.69) is 5.32 Å². The molecule has 0 aromatic heterocycles. The first-order chi connectivity index (χ1) is 11.7. The minimum atomic E-state index is 0.423. The van der Waals surface area contributed by atoms with Gasteiger partial charge in [0.25, 0.3) is 0 Å². The number of rotatable bonds is 6. The van der Waals surface area contributed by atoms with Gasteiger partial charge in [0.05, 0.1) is 18.5 Å². The summed E-state index contributed by atoms with van der Waals surface area (Å²) in [6.07, 6.45) is 2.02. The molecular weight excluding hydrogens is 304 g/mol. The van der Waals surface area contributed by atoms with E-state index in [9.17, 15) is 0 Å². The molecule has 1 heterocycles. The molecule has 5 heteroatoms. The molecule has 5 nitrogen and oxygen atoms in total. The second kappa shape index (κ2) is 7.93. The third-order valence-electron chi connectivity index (χ3n) is 4.17. The predicted molar refractivity (Wildman–Crippen MR) is 95.6 cm³/mol. The van der Waals surface area contributed by atoms with Crippen LogP contribution in [0.1, 0.15) is 18.4 Å². The lowest BCUT2D eigenvalue weighted by molar-refractivity contribution is 0.0904. The van der Waals surface area contributed by atoms with Crippen molar-refractivity contribution in [3.8, 4) is 11.5 Å². The van der Waals surface area contributed by atoms with Crippen LogP contribution in [0.5, 0.6) is 11.5 Å². The lowest BCUT2D eigenvalue weighted by Gasteiger charge is -2.25. The van der Waals surface area contributed by atoms with Crippen molar-refractivity contribution in [1.29, 1.82) is 0 Å². The van der Waals surface area contributed by atoms with Crippen molar-refractivity contribution in [2.75, 3.05) is 31.4 Å². The fraction of sp³-hybridized carbons (Fsp3) is 0.368. The zero-order chi connectivity index (χ0) is 16.8. The fourth-order valence-electron chi connectivity index (χ4n) is 2.71. The van der Waals surface area contributed by atoms with Crippen molar-refractivity contribution in [2.24, 2.45) is 0 Å². The molecule has 2 aromatic rings. The summed E-state index contributed by atoms with van der Waals surface area (Å²) in [6.45, 7) is 2.11. The molecule has 0 saturated carbocycles. The highest BCUT2D eigenvalue weighted by Crippen LogP contribution is 2.27. The number of methoxy groups -OCH3 is 1. The Labute approximate surface area is 142 Å². The van der Waals surface area contributed by atoms with Crippen molar-refractivity contribution in [3.63, 3.8) is 0 Å². The summed E-state index contributed by atoms with van der Waals surface area (Å²) in [5.74, 6) is 1.60. The van der Waals surface area contributed by atoms with Gasteiger partial charge in [0.1, 0.15) is 18.1 Å². The normalized spacial score (nSPS) is 15.0. The number of ether oxygens (including phenoxy) is 3. The number of hydrogen-bond acceptors (Lipinski definition) is 5. The second-order valence-corrected chi connectivity index (χ2v) is 5.92. The molecule has 0 amide bonds. The van der Waals surface area contributed by atoms with E-state index in [1.54, 1.807) is 7.11 Å². The quantitative estimate of drug-likeness (QED) is 0.795. The van der Waals surface area contributed by atoms with Crippen LogP contribution in [-0.2, 0) is 11.3 Å². The van der Waals surface area contributed by atoms with Gasteiger partial charge in [-0.2, -0.15) is 0 Å². The van der Waals surface area contributed by atoms with Crippen LogP contribution in [0.25, 0.3) is 0 Å². The van der Waals surface area contributed by atoms with Crippen LogP contribution in [0.15, 0.2) is 42.5 Å². The molecule has 0 bridgehead atoms. The number of nitrogens with two attached hydrogens (primary N) is 1. The van der Waals surface area contributed by atoms with Gasteiger partial charge < -0.3 is 25.3 Å². The molecule has 1 fully saturated rings. The molecule has 24 heavy (non-hydrogen) atoms. The zero-order valence-electron chi connectivity index (χ0n) is 14.0. The molecule has 3 rings (SSSR count). The lowest BCUT2D eigenvalue weighted by Crippen LogP contribution is -2.28. The summed E-state index contributed by atoms with van der Waals surface area (Å²) >= 11 is 0. The van der Waals surface area contributed by atoms with Gasteiger partial charge in [0.2, 0.25) is 0 Å². The van der Waals surface area contributed by atoms with E-state index < -0.39 is 0 Å². The van der Waals surface area contributed by atoms with Crippen LogP contribution < -0.4 is 20.5 Å². The second-order valence-electron chi connectivity index (χ2n) is 5.92. The van der Waals surface area contributed by atoms with E-state index in [0.29, 0.717) is 18.3 Å². The van der Waals surface area contributed by atoms with Gasteiger partial charge in [-0.3, -0.25) is 0 Å². The predicted octanol–water partition coefficient (Wildman–Crippen LogP) is 3.45. The maximum atomic E-state index is 6.16. The minimum Gasteiger partial charge on any atom is -0.497 e. The van der Waals surface area contributed by atoms with Gasteiger partial charge in [-0.15, -0.1) is 0 Å². The Morgan fingerprint density at radius 2 is 1.79 bits per heavy atom. The van der Waals surface area contributed by atoms with E-state index in [1.807, 2.05) is 42.5 Å². The Morgan fingerprint density at radius 1 is 1.08 bits per heavy atom. The summed E-state index contributed by atoms with van der Waals surface area (Å²) in [7, 11) is 1.66. The van der Waals surface area contributed by atoms with Crippen molar-refractivity contribution < 1.29 is 14.2 Å². The van der Waals surface area contributed by atoms with Crippen LogP contribution in [0.2, 0.25) is 0 Å². The van der Waals surface area contributed by atoms with Crippen molar-refractivity contribution in [1.82, 2.24) is 0 Å². The summed E-state index contributed by atoms with van der Waals surface area (Å²) in [5.41, 5.74) is 8.90. The monoisotopic (exact) mass is 328 g/mol. The fourth-order valence-corrected chi connectivity index (χ4v) is 2.71. The molecule has 0 atom stereocenters. The zero-order valence-corrected chi connectivity index (χ0v) is 14.0. The number of benzene rings is 2. The van der Waals surface area contributed by atoms with Gasteiger partial charge in [-0.1, -0.05) is 12.1 Å². The first-order valence-electron chi connectivity index (χ1n) is 8.24. The molecule has 0 radical (unpaired) electrons. The molecule has 128 valence electrons. The highest BCUT2D eigenvalue weighted by Gasteiger charge is 2.14. The summed E-state index contributed by atoms with van der Waals surface area (Å²) in [4.78, 5) is 0. The number of nitrogens with one attached hydrogen (secondary N) is 1. The molecule has 2 aromatic carbocycles. The van der Waals surface area contributed by atoms with Crippen LogP contribution in [0, 0.1) is 0 Å². The van der Waals surface area contributed by atoms with Gasteiger partial charge in [-0.25, -0.2) is 0 Å². The smallest absolute Gasteiger partial charge is 0.122 e. The number of hydrogen-bond donors (Lipinski definition) is 2. The standard InChI is InChI=1S/C19H24N2O3/c1-22-16-4-2-14(3-5-16)13-24-17-6-7-19(18(20)12-17)21-15-8-10-23-11-9-15/h2-7,12,15,21H,8-11,13,20H2,1H3. The van der Waals surface area contributed by atoms with E-state index in [-0.39, 0.29) is 0 Å². The third kappa shape index (κ3) is 4.32. The van der Waals surface area contributed by atoms with E-state index in [1.165, 1.54) is 0 Å². The summed E-state index contributed by atoms with van der Waals surface area (Å²) in [6, 6.07) is 14.0. The Kier molecular flexibility index (Phi) is 5.43. The first-order valence-corrected chi connectivity index (χ1v) is 8.24. The van der Waals surface area contributed by atoms with Crippen LogP contribution in [-0.4, -0.2) is 26.4 Å². The molecule has 0 aliphatic carbocycles. The highest BCUT2D eigenvalue weighted by molar-refractivity contribution is 5.68. The molecule has 0 spiro atoms. The minimum absolute atomic E-state index is 0.423. The van der Waals surface area contributed by atoms with E-state index in [0.717, 1.165) is 48.8 Å². The largest absolute Gasteiger partial charge is 0.497 e. The van der Waals surface area contributed by atoms with Gasteiger partial charge in [0, 0.05) is 25.3 Å². The number of anilines is 2. The van der Waals surface area contributed by atoms with Crippen molar-refractivity contribution in [2.45, 2.75) is 25.5 Å². The maximum Gasteiger partial charge on any atom is 0.122 e. The Balaban J connectivity index is 1.57. The Hall–Kier alpha value is -2.40. The van der Waals surface area contributed by atoms with Gasteiger partial charge in [-0.05, 0) is 42.7 Å². The highest BCUT2D eigenvalue weighted by atomic mass is 16.5. The summed E-state index contributed by atoms with van der Waals surface area (Å²) < 4.78 is 16.3. The SMILES string of the molecule is COc1ccc(COc2ccc(NC3CCOCC3)c(N)c2)cc1. The molecule has 0 unspecified atom stereocenters.